The first-order valence-electron chi connectivity index (χ1n) is 11.1. The minimum atomic E-state index is -3.06. The Balaban J connectivity index is 1.87. The van der Waals surface area contributed by atoms with Crippen molar-refractivity contribution in [1.29, 1.82) is 0 Å². The number of hydrogen-bond acceptors (Lipinski definition) is 5. The Morgan fingerprint density at radius 1 is 1.03 bits per heavy atom. The van der Waals surface area contributed by atoms with Gasteiger partial charge in [0.15, 0.2) is 15.6 Å². The van der Waals surface area contributed by atoms with E-state index in [1.807, 2.05) is 6.92 Å². The van der Waals surface area contributed by atoms with E-state index in [1.54, 1.807) is 29.2 Å². The van der Waals surface area contributed by atoms with Crippen molar-refractivity contribution >= 4 is 21.5 Å². The summed E-state index contributed by atoms with van der Waals surface area (Å²) in [6.45, 7) is 5.40. The first-order valence-corrected chi connectivity index (χ1v) is 12.9. The minimum absolute atomic E-state index is 0.0378. The van der Waals surface area contributed by atoms with Crippen LogP contribution >= 0.6 is 0 Å². The first-order chi connectivity index (χ1) is 14.4. The molecule has 0 spiro atoms. The van der Waals surface area contributed by atoms with E-state index in [9.17, 15) is 18.0 Å². The lowest BCUT2D eigenvalue weighted by Crippen LogP contribution is -2.41. The molecule has 1 atom stereocenters. The van der Waals surface area contributed by atoms with Gasteiger partial charge >= 0.3 is 0 Å². The van der Waals surface area contributed by atoms with Gasteiger partial charge in [0, 0.05) is 31.0 Å². The summed E-state index contributed by atoms with van der Waals surface area (Å²) in [4.78, 5) is 27.0. The normalized spacial score (nSPS) is 17.6. The van der Waals surface area contributed by atoms with Crippen molar-refractivity contribution in [2.75, 3.05) is 24.7 Å². The molecule has 1 aromatic rings. The molecule has 0 unspecified atom stereocenters. The second-order valence-electron chi connectivity index (χ2n) is 8.00. The van der Waals surface area contributed by atoms with Gasteiger partial charge in [-0.1, -0.05) is 33.1 Å². The monoisotopic (exact) mass is 437 g/mol. The Morgan fingerprint density at radius 3 is 2.33 bits per heavy atom. The Bertz CT molecular complexity index is 788. The fraction of sp³-hybridized carbons (Fsp3) is 0.652. The number of nitrogens with zero attached hydrogens (tertiary/aromatic N) is 1. The molecule has 0 aliphatic carbocycles. The van der Waals surface area contributed by atoms with E-state index >= 15 is 0 Å². The maximum atomic E-state index is 12.8. The summed E-state index contributed by atoms with van der Waals surface area (Å²) in [6.07, 6.45) is 5.76. The molecule has 2 rings (SSSR count). The summed E-state index contributed by atoms with van der Waals surface area (Å²) in [5.41, 5.74) is 0.562. The largest absolute Gasteiger partial charge is 0.494 e. The zero-order chi connectivity index (χ0) is 22.0. The van der Waals surface area contributed by atoms with Crippen LogP contribution in [0.2, 0.25) is 0 Å². The van der Waals surface area contributed by atoms with Crippen LogP contribution in [0.4, 0.5) is 0 Å². The summed E-state index contributed by atoms with van der Waals surface area (Å²) in [6, 6.07) is 6.80. The number of sulfone groups is 1. The molecule has 6 nitrogen and oxygen atoms in total. The van der Waals surface area contributed by atoms with Gasteiger partial charge in [-0.2, -0.15) is 0 Å². The van der Waals surface area contributed by atoms with Crippen molar-refractivity contribution < 1.29 is 22.7 Å². The van der Waals surface area contributed by atoms with E-state index < -0.39 is 9.84 Å². The highest BCUT2D eigenvalue weighted by Gasteiger charge is 2.34. The number of carbonyl (C=O) groups is 2. The van der Waals surface area contributed by atoms with Crippen LogP contribution in [0.1, 0.15) is 75.6 Å². The molecule has 7 heteroatoms. The van der Waals surface area contributed by atoms with Crippen molar-refractivity contribution in [2.24, 2.45) is 0 Å². The number of ketones is 1. The van der Waals surface area contributed by atoms with Crippen LogP contribution in [-0.2, 0) is 14.6 Å². The van der Waals surface area contributed by atoms with E-state index in [0.29, 0.717) is 25.1 Å². The third-order valence-electron chi connectivity index (χ3n) is 5.48. The topological polar surface area (TPSA) is 80.8 Å². The molecular weight excluding hydrogens is 402 g/mol. The van der Waals surface area contributed by atoms with Crippen LogP contribution in [0, 0.1) is 0 Å². The third-order valence-corrected chi connectivity index (χ3v) is 7.23. The Morgan fingerprint density at radius 2 is 1.73 bits per heavy atom. The number of amides is 1. The zero-order valence-corrected chi connectivity index (χ0v) is 19.1. The van der Waals surface area contributed by atoms with Gasteiger partial charge in [0.05, 0.1) is 18.1 Å². The highest BCUT2D eigenvalue weighted by atomic mass is 32.2. The lowest BCUT2D eigenvalue weighted by atomic mass is 10.1. The number of carbonyl (C=O) groups excluding carboxylic acids is 2. The molecule has 1 aliphatic rings. The predicted octanol–water partition coefficient (Wildman–Crippen LogP) is 4.03. The van der Waals surface area contributed by atoms with Gasteiger partial charge in [-0.15, -0.1) is 0 Å². The molecular formula is C23H35NO5S. The van der Waals surface area contributed by atoms with Gasteiger partial charge in [-0.05, 0) is 43.5 Å². The third kappa shape index (κ3) is 7.74. The number of Topliss-reactive ketones (excluding diaryl/α,β-unsaturated/α-hetero) is 1. The van der Waals surface area contributed by atoms with Crippen LogP contribution < -0.4 is 4.74 Å². The van der Waals surface area contributed by atoms with Crippen LogP contribution in [0.5, 0.6) is 5.75 Å². The number of hydrogen-bond donors (Lipinski definition) is 0. The molecule has 0 radical (unpaired) electrons. The highest BCUT2D eigenvalue weighted by molar-refractivity contribution is 7.91. The van der Waals surface area contributed by atoms with Crippen LogP contribution in [0.3, 0.4) is 0 Å². The van der Waals surface area contributed by atoms with E-state index in [1.165, 1.54) is 0 Å². The van der Waals surface area contributed by atoms with Crippen LogP contribution in [0.25, 0.3) is 0 Å². The van der Waals surface area contributed by atoms with Gasteiger partial charge in [0.1, 0.15) is 5.75 Å². The molecule has 0 saturated carbocycles. The number of rotatable bonds is 13. The van der Waals surface area contributed by atoms with Gasteiger partial charge in [-0.3, -0.25) is 9.59 Å². The Labute approximate surface area is 180 Å². The highest BCUT2D eigenvalue weighted by Crippen LogP contribution is 2.20. The van der Waals surface area contributed by atoms with Crippen molar-refractivity contribution in [1.82, 2.24) is 4.90 Å². The summed E-state index contributed by atoms with van der Waals surface area (Å²) in [5, 5.41) is 0. The van der Waals surface area contributed by atoms with E-state index in [2.05, 4.69) is 6.92 Å². The fourth-order valence-corrected chi connectivity index (χ4v) is 5.38. The zero-order valence-electron chi connectivity index (χ0n) is 18.3. The smallest absolute Gasteiger partial charge is 0.223 e. The molecule has 0 N–H and O–H groups in total. The molecule has 0 aromatic heterocycles. The Hall–Kier alpha value is -1.89. The number of benzene rings is 1. The minimum Gasteiger partial charge on any atom is -0.494 e. The standard InChI is InChI=1S/C23H35NO5S/c1-3-5-7-16-29-21-10-8-19(9-11-21)22(25)12-13-23(26)24(15-6-4-2)20-14-17-30(27,28)18-20/h8-11,20H,3-7,12-18H2,1-2H3/t20-/m1/s1. The molecule has 1 heterocycles. The average Bonchev–Trinajstić information content (AvgIpc) is 3.09. The van der Waals surface area contributed by atoms with Crippen molar-refractivity contribution in [3.05, 3.63) is 29.8 Å². The molecule has 168 valence electrons. The lowest BCUT2D eigenvalue weighted by molar-refractivity contribution is -0.133. The van der Waals surface area contributed by atoms with Gasteiger partial charge in [0.25, 0.3) is 0 Å². The van der Waals surface area contributed by atoms with Crippen molar-refractivity contribution in [3.8, 4) is 5.75 Å². The molecule has 1 amide bonds. The average molecular weight is 438 g/mol. The van der Waals surface area contributed by atoms with E-state index in [-0.39, 0.29) is 42.1 Å². The predicted molar refractivity (Wildman–Crippen MR) is 119 cm³/mol. The van der Waals surface area contributed by atoms with Gasteiger partial charge in [0.2, 0.25) is 5.91 Å². The second kappa shape index (κ2) is 12.1. The SMILES string of the molecule is CCCCCOc1ccc(C(=O)CCC(=O)N(CCCC)[C@@H]2CCS(=O)(=O)C2)cc1. The Kier molecular flexibility index (Phi) is 9.82. The summed E-state index contributed by atoms with van der Waals surface area (Å²) < 4.78 is 29.3. The summed E-state index contributed by atoms with van der Waals surface area (Å²) >= 11 is 0. The maximum Gasteiger partial charge on any atom is 0.223 e. The molecule has 30 heavy (non-hydrogen) atoms. The lowest BCUT2D eigenvalue weighted by Gasteiger charge is -2.28. The second-order valence-corrected chi connectivity index (χ2v) is 10.2. The molecule has 1 fully saturated rings. The summed E-state index contributed by atoms with van der Waals surface area (Å²) in [7, 11) is -3.06. The molecule has 0 bridgehead atoms. The molecule has 1 aromatic carbocycles. The van der Waals surface area contributed by atoms with Crippen LogP contribution in [0.15, 0.2) is 24.3 Å². The quantitative estimate of drug-likeness (QED) is 0.344. The van der Waals surface area contributed by atoms with Crippen LogP contribution in [-0.4, -0.2) is 55.7 Å². The number of unbranched alkanes of at least 4 members (excludes halogenated alkanes) is 3. The number of ether oxygens (including phenoxy) is 1. The van der Waals surface area contributed by atoms with E-state index in [0.717, 1.165) is 37.9 Å². The van der Waals surface area contributed by atoms with Crippen molar-refractivity contribution in [2.45, 2.75) is 71.3 Å². The van der Waals surface area contributed by atoms with Gasteiger partial charge < -0.3 is 9.64 Å². The van der Waals surface area contributed by atoms with Gasteiger partial charge in [-0.25, -0.2) is 8.42 Å². The molecule has 1 aliphatic heterocycles. The summed E-state index contributed by atoms with van der Waals surface area (Å²) in [5.74, 6) is 0.701. The molecule has 1 saturated heterocycles. The first kappa shape index (κ1) is 24.4. The van der Waals surface area contributed by atoms with E-state index in [4.69, 9.17) is 4.74 Å². The maximum absolute atomic E-state index is 12.8. The fourth-order valence-electron chi connectivity index (χ4n) is 3.65. The van der Waals surface area contributed by atoms with Crippen molar-refractivity contribution in [3.63, 3.8) is 0 Å².